The summed E-state index contributed by atoms with van der Waals surface area (Å²) >= 11 is 5.16. The Morgan fingerprint density at radius 1 is 1.61 bits per heavy atom. The number of hydrogen-bond acceptors (Lipinski definition) is 4. The number of hydrogen-bond donors (Lipinski definition) is 2. The van der Waals surface area contributed by atoms with Crippen molar-refractivity contribution in [2.24, 2.45) is 10.9 Å². The van der Waals surface area contributed by atoms with Gasteiger partial charge in [0.25, 0.3) is 0 Å². The van der Waals surface area contributed by atoms with E-state index >= 15 is 0 Å². The Labute approximate surface area is 119 Å². The van der Waals surface area contributed by atoms with Crippen LogP contribution in [0.3, 0.4) is 0 Å². The summed E-state index contributed by atoms with van der Waals surface area (Å²) in [6.07, 6.45) is 1.25. The Morgan fingerprint density at radius 2 is 2.39 bits per heavy atom. The van der Waals surface area contributed by atoms with Gasteiger partial charge in [0.2, 0.25) is 0 Å². The molecule has 1 saturated heterocycles. The maximum atomic E-state index is 8.81. The number of benzene rings is 1. The van der Waals surface area contributed by atoms with E-state index in [1.54, 1.807) is 11.8 Å². The van der Waals surface area contributed by atoms with Crippen LogP contribution in [0.5, 0.6) is 0 Å². The molecule has 0 spiro atoms. The molecule has 3 N–H and O–H groups in total. The van der Waals surface area contributed by atoms with E-state index in [0.717, 1.165) is 28.0 Å². The van der Waals surface area contributed by atoms with Crippen LogP contribution in [0, 0.1) is 0 Å². The van der Waals surface area contributed by atoms with Gasteiger partial charge in [-0.15, -0.1) is 11.8 Å². The van der Waals surface area contributed by atoms with Crippen LogP contribution in [0.15, 0.2) is 32.7 Å². The monoisotopic (exact) mass is 330 g/mol. The fourth-order valence-electron chi connectivity index (χ4n) is 1.89. The Morgan fingerprint density at radius 3 is 3.00 bits per heavy atom. The second-order valence-electron chi connectivity index (χ2n) is 4.15. The molecule has 2 atom stereocenters. The zero-order chi connectivity index (χ0) is 13.1. The number of rotatable bonds is 3. The van der Waals surface area contributed by atoms with Gasteiger partial charge in [-0.05, 0) is 31.5 Å². The normalized spacial score (nSPS) is 24.4. The molecule has 1 heterocycles. The molecule has 2 rings (SSSR count). The summed E-state index contributed by atoms with van der Waals surface area (Å²) < 4.78 is 6.53. The largest absolute Gasteiger partial charge is 0.409 e. The third-order valence-electron chi connectivity index (χ3n) is 2.91. The van der Waals surface area contributed by atoms with Gasteiger partial charge in [-0.1, -0.05) is 21.1 Å². The van der Waals surface area contributed by atoms with Crippen molar-refractivity contribution in [2.45, 2.75) is 29.6 Å². The van der Waals surface area contributed by atoms with Gasteiger partial charge < -0.3 is 15.7 Å². The Kier molecular flexibility index (Phi) is 4.53. The summed E-state index contributed by atoms with van der Waals surface area (Å²) in [5.74, 6) is 0.136. The third-order valence-corrected chi connectivity index (χ3v) is 4.92. The molecule has 4 nitrogen and oxygen atoms in total. The minimum absolute atomic E-state index is 0.136. The Balaban J connectivity index is 2.27. The molecule has 1 fully saturated rings. The molecule has 1 aliphatic heterocycles. The first-order valence-electron chi connectivity index (χ1n) is 5.67. The summed E-state index contributed by atoms with van der Waals surface area (Å²) in [5, 5.41) is 12.3. The first-order chi connectivity index (χ1) is 8.61. The highest BCUT2D eigenvalue weighted by molar-refractivity contribution is 9.10. The summed E-state index contributed by atoms with van der Waals surface area (Å²) in [6, 6.07) is 5.72. The van der Waals surface area contributed by atoms with Crippen LogP contribution in [0.25, 0.3) is 0 Å². The lowest BCUT2D eigenvalue weighted by atomic mass is 10.2. The van der Waals surface area contributed by atoms with Crippen molar-refractivity contribution in [1.29, 1.82) is 0 Å². The number of nitrogens with two attached hydrogens (primary N) is 1. The lowest BCUT2D eigenvalue weighted by molar-refractivity contribution is 0.127. The minimum atomic E-state index is 0.136. The zero-order valence-corrected chi connectivity index (χ0v) is 12.4. The predicted octanol–water partition coefficient (Wildman–Crippen LogP) is 2.81. The summed E-state index contributed by atoms with van der Waals surface area (Å²) in [6.45, 7) is 2.87. The molecular weight excluding hydrogens is 316 g/mol. The first kappa shape index (κ1) is 13.7. The van der Waals surface area contributed by atoms with Crippen molar-refractivity contribution in [3.8, 4) is 0 Å². The number of oxime groups is 1. The molecule has 0 aromatic heterocycles. The van der Waals surface area contributed by atoms with Gasteiger partial charge in [0.05, 0.1) is 6.10 Å². The molecule has 0 saturated carbocycles. The average Bonchev–Trinajstić information content (AvgIpc) is 2.74. The van der Waals surface area contributed by atoms with Crippen LogP contribution in [0.1, 0.15) is 18.9 Å². The van der Waals surface area contributed by atoms with Gasteiger partial charge in [-0.25, -0.2) is 0 Å². The first-order valence-corrected chi connectivity index (χ1v) is 7.35. The van der Waals surface area contributed by atoms with Crippen molar-refractivity contribution in [3.05, 3.63) is 28.2 Å². The molecule has 2 unspecified atom stereocenters. The number of halogens is 1. The zero-order valence-electron chi connectivity index (χ0n) is 9.97. The third kappa shape index (κ3) is 2.99. The standard InChI is InChI=1S/C12H15BrN2O2S/c1-7-10(4-5-17-7)18-11-6-8(13)2-3-9(11)12(14)15-16/h2-3,6-7,10,16H,4-5H2,1H3,(H2,14,15). The minimum Gasteiger partial charge on any atom is -0.409 e. The Hall–Kier alpha value is -0.720. The summed E-state index contributed by atoms with van der Waals surface area (Å²) in [5.41, 5.74) is 6.45. The molecule has 0 bridgehead atoms. The fourth-order valence-corrected chi connectivity index (χ4v) is 3.71. The highest BCUT2D eigenvalue weighted by Crippen LogP contribution is 2.35. The van der Waals surface area contributed by atoms with E-state index in [1.165, 1.54) is 0 Å². The van der Waals surface area contributed by atoms with E-state index in [1.807, 2.05) is 18.2 Å². The van der Waals surface area contributed by atoms with E-state index in [-0.39, 0.29) is 11.9 Å². The fraction of sp³-hybridized carbons (Fsp3) is 0.417. The molecule has 0 radical (unpaired) electrons. The van der Waals surface area contributed by atoms with Crippen LogP contribution in [-0.2, 0) is 4.74 Å². The lowest BCUT2D eigenvalue weighted by Crippen LogP contribution is -2.17. The summed E-state index contributed by atoms with van der Waals surface area (Å²) in [4.78, 5) is 1.00. The van der Waals surface area contributed by atoms with Crippen LogP contribution in [0.4, 0.5) is 0 Å². The van der Waals surface area contributed by atoms with E-state index in [9.17, 15) is 0 Å². The Bertz CT molecular complexity index is 467. The maximum absolute atomic E-state index is 8.81. The van der Waals surface area contributed by atoms with Crippen molar-refractivity contribution in [2.75, 3.05) is 6.61 Å². The highest BCUT2D eigenvalue weighted by Gasteiger charge is 2.26. The average molecular weight is 331 g/mol. The number of amidine groups is 1. The lowest BCUT2D eigenvalue weighted by Gasteiger charge is -2.16. The summed E-state index contributed by atoms with van der Waals surface area (Å²) in [7, 11) is 0. The number of thioether (sulfide) groups is 1. The molecule has 0 amide bonds. The van der Waals surface area contributed by atoms with Gasteiger partial charge in [-0.3, -0.25) is 0 Å². The van der Waals surface area contributed by atoms with Crippen molar-refractivity contribution in [1.82, 2.24) is 0 Å². The van der Waals surface area contributed by atoms with Crippen molar-refractivity contribution < 1.29 is 9.94 Å². The van der Waals surface area contributed by atoms with Gasteiger partial charge in [-0.2, -0.15) is 0 Å². The molecule has 1 aromatic carbocycles. The van der Waals surface area contributed by atoms with E-state index in [2.05, 4.69) is 28.0 Å². The van der Waals surface area contributed by atoms with Crippen LogP contribution < -0.4 is 5.73 Å². The smallest absolute Gasteiger partial charge is 0.171 e. The van der Waals surface area contributed by atoms with Gasteiger partial charge >= 0.3 is 0 Å². The molecule has 1 aliphatic rings. The van der Waals surface area contributed by atoms with Crippen LogP contribution in [-0.4, -0.2) is 29.0 Å². The molecule has 0 aliphatic carbocycles. The number of nitrogens with zero attached hydrogens (tertiary/aromatic N) is 1. The molecular formula is C12H15BrN2O2S. The molecule has 6 heteroatoms. The van der Waals surface area contributed by atoms with Crippen LogP contribution >= 0.6 is 27.7 Å². The predicted molar refractivity (Wildman–Crippen MR) is 76.3 cm³/mol. The SMILES string of the molecule is CC1OCCC1Sc1cc(Br)ccc1/C(N)=N/O. The molecule has 18 heavy (non-hydrogen) atoms. The molecule has 98 valence electrons. The van der Waals surface area contributed by atoms with Gasteiger partial charge in [0.1, 0.15) is 0 Å². The molecule has 1 aromatic rings. The van der Waals surface area contributed by atoms with E-state index in [0.29, 0.717) is 5.25 Å². The second kappa shape index (κ2) is 5.95. The van der Waals surface area contributed by atoms with Crippen molar-refractivity contribution in [3.63, 3.8) is 0 Å². The van der Waals surface area contributed by atoms with E-state index < -0.39 is 0 Å². The van der Waals surface area contributed by atoms with E-state index in [4.69, 9.17) is 15.7 Å². The van der Waals surface area contributed by atoms with Gasteiger partial charge in [0.15, 0.2) is 5.84 Å². The van der Waals surface area contributed by atoms with Crippen LogP contribution in [0.2, 0.25) is 0 Å². The quantitative estimate of drug-likeness (QED) is 0.387. The maximum Gasteiger partial charge on any atom is 0.171 e. The number of ether oxygens (including phenoxy) is 1. The second-order valence-corrected chi connectivity index (χ2v) is 6.34. The topological polar surface area (TPSA) is 67.8 Å². The highest BCUT2D eigenvalue weighted by atomic mass is 79.9. The van der Waals surface area contributed by atoms with Gasteiger partial charge in [0, 0.05) is 26.8 Å². The van der Waals surface area contributed by atoms with Crippen molar-refractivity contribution >= 4 is 33.5 Å².